The fourth-order valence-electron chi connectivity index (χ4n) is 5.83. The van der Waals surface area contributed by atoms with Gasteiger partial charge in [-0.25, -0.2) is 4.39 Å². The van der Waals surface area contributed by atoms with Crippen LogP contribution < -0.4 is 0 Å². The molecule has 0 bridgehead atoms. The highest BCUT2D eigenvalue weighted by atomic mass is 32.2. The number of ether oxygens (including phenoxy) is 1. The van der Waals surface area contributed by atoms with Gasteiger partial charge in [-0.1, -0.05) is 23.8 Å². The Kier molecular flexibility index (Phi) is 7.74. The van der Waals surface area contributed by atoms with Crippen LogP contribution >= 0.6 is 23.3 Å². The first kappa shape index (κ1) is 27.4. The van der Waals surface area contributed by atoms with Crippen LogP contribution in [0.3, 0.4) is 0 Å². The van der Waals surface area contributed by atoms with Crippen molar-refractivity contribution in [1.29, 1.82) is 5.26 Å². The molecular formula is C33H30FN3O2S2. The maximum atomic E-state index is 14.8. The summed E-state index contributed by atoms with van der Waals surface area (Å²) in [6.45, 7) is 3.68. The van der Waals surface area contributed by atoms with Crippen LogP contribution in [-0.2, 0) is 9.53 Å². The third kappa shape index (κ3) is 5.32. The first-order valence-electron chi connectivity index (χ1n) is 13.8. The van der Waals surface area contributed by atoms with Gasteiger partial charge in [0.05, 0.1) is 24.2 Å². The number of methoxy groups -OCH3 is 1. The van der Waals surface area contributed by atoms with Crippen molar-refractivity contribution >= 4 is 45.7 Å². The molecule has 0 N–H and O–H groups in total. The van der Waals surface area contributed by atoms with Crippen molar-refractivity contribution in [1.82, 2.24) is 8.87 Å². The largest absolute Gasteiger partial charge is 0.469 e. The summed E-state index contributed by atoms with van der Waals surface area (Å²) in [6.07, 6.45) is 7.85. The lowest BCUT2D eigenvalue weighted by atomic mass is 9.92. The van der Waals surface area contributed by atoms with Crippen molar-refractivity contribution < 1.29 is 13.9 Å². The van der Waals surface area contributed by atoms with Crippen molar-refractivity contribution in [2.45, 2.75) is 37.5 Å². The summed E-state index contributed by atoms with van der Waals surface area (Å²) in [5.74, 6) is -0.478. The third-order valence-electron chi connectivity index (χ3n) is 7.94. The maximum absolute atomic E-state index is 14.8. The quantitative estimate of drug-likeness (QED) is 0.214. The van der Waals surface area contributed by atoms with Crippen LogP contribution in [0.5, 0.6) is 0 Å². The first-order valence-corrected chi connectivity index (χ1v) is 15.4. The highest BCUT2D eigenvalue weighted by Gasteiger charge is 2.29. The minimum absolute atomic E-state index is 0.0478. The number of nitriles is 1. The van der Waals surface area contributed by atoms with E-state index in [0.29, 0.717) is 4.88 Å². The van der Waals surface area contributed by atoms with Gasteiger partial charge in [-0.3, -0.25) is 8.77 Å². The molecule has 208 valence electrons. The van der Waals surface area contributed by atoms with Crippen LogP contribution in [0.25, 0.3) is 27.6 Å². The highest BCUT2D eigenvalue weighted by molar-refractivity contribution is 7.98. The number of carbonyl (C=O) groups excluding carboxylic acids is 1. The van der Waals surface area contributed by atoms with Crippen molar-refractivity contribution in [2.24, 2.45) is 5.92 Å². The number of aromatic nitrogens is 1. The van der Waals surface area contributed by atoms with Crippen molar-refractivity contribution in [3.63, 3.8) is 0 Å². The van der Waals surface area contributed by atoms with E-state index in [0.717, 1.165) is 77.0 Å². The van der Waals surface area contributed by atoms with E-state index in [-0.39, 0.29) is 17.7 Å². The minimum Gasteiger partial charge on any atom is -0.469 e. The number of carbonyl (C=O) groups is 1. The molecule has 0 saturated carbocycles. The predicted molar refractivity (Wildman–Crippen MR) is 164 cm³/mol. The number of fused-ring (bicyclic) bond motifs is 1. The van der Waals surface area contributed by atoms with Gasteiger partial charge in [0.2, 0.25) is 0 Å². The van der Waals surface area contributed by atoms with E-state index < -0.39 is 0 Å². The number of aryl methyl sites for hydroxylation is 1. The van der Waals surface area contributed by atoms with Gasteiger partial charge in [-0.15, -0.1) is 11.3 Å². The molecule has 1 aliphatic carbocycles. The number of halogens is 1. The molecule has 8 heteroatoms. The van der Waals surface area contributed by atoms with Crippen molar-refractivity contribution in [2.75, 3.05) is 20.2 Å². The van der Waals surface area contributed by atoms with E-state index >= 15 is 0 Å². The summed E-state index contributed by atoms with van der Waals surface area (Å²) in [5, 5.41) is 12.7. The van der Waals surface area contributed by atoms with E-state index in [1.807, 2.05) is 17.5 Å². The third-order valence-corrected chi connectivity index (χ3v) is 9.80. The molecule has 1 saturated heterocycles. The van der Waals surface area contributed by atoms with Gasteiger partial charge < -0.3 is 9.64 Å². The van der Waals surface area contributed by atoms with E-state index in [9.17, 15) is 14.4 Å². The lowest BCUT2D eigenvalue weighted by Crippen LogP contribution is -2.36. The van der Waals surface area contributed by atoms with E-state index in [4.69, 9.17) is 4.74 Å². The SMILES string of the molecule is COC(=O)C1CCN(C2=CC(c3c(-c4ccsc4C#N)c4cc(F)ccc4n3Sc3ccc(C)cc3)=CCC2)CC1. The second-order valence-corrected chi connectivity index (χ2v) is 12.4. The lowest BCUT2D eigenvalue weighted by molar-refractivity contribution is -0.146. The Morgan fingerprint density at radius 2 is 1.93 bits per heavy atom. The summed E-state index contributed by atoms with van der Waals surface area (Å²) >= 11 is 3.01. The molecule has 2 aliphatic rings. The standard InChI is InChI=1S/C33H30FN3O2S2/c1-21-6-9-26(10-7-21)41-37-29-11-8-24(34)19-28(29)31(27-14-17-40-30(27)20-35)32(37)23-4-3-5-25(18-23)36-15-12-22(13-16-36)33(38)39-2/h4,6-11,14,17-19,22H,3,5,12-13,15-16H2,1-2H3. The molecule has 0 radical (unpaired) electrons. The normalized spacial score (nSPS) is 15.9. The zero-order valence-electron chi connectivity index (χ0n) is 23.0. The molecule has 3 heterocycles. The number of esters is 1. The van der Waals surface area contributed by atoms with Crippen LogP contribution in [0, 0.1) is 30.0 Å². The molecule has 2 aromatic heterocycles. The zero-order valence-corrected chi connectivity index (χ0v) is 24.7. The van der Waals surface area contributed by atoms with Gasteiger partial charge in [0.15, 0.2) is 0 Å². The molecule has 1 fully saturated rings. The Hall–Kier alpha value is -3.80. The monoisotopic (exact) mass is 583 g/mol. The average molecular weight is 584 g/mol. The number of rotatable bonds is 6. The topological polar surface area (TPSA) is 58.3 Å². The average Bonchev–Trinajstić information content (AvgIpc) is 3.59. The number of hydrogen-bond donors (Lipinski definition) is 0. The molecule has 0 atom stereocenters. The molecule has 5 nitrogen and oxygen atoms in total. The molecule has 41 heavy (non-hydrogen) atoms. The molecule has 6 rings (SSSR count). The number of benzene rings is 2. The van der Waals surface area contributed by atoms with Crippen LogP contribution in [-0.4, -0.2) is 35.0 Å². The maximum Gasteiger partial charge on any atom is 0.308 e. The molecule has 0 spiro atoms. The van der Waals surface area contributed by atoms with Crippen LogP contribution in [0.1, 0.15) is 41.8 Å². The number of likely N-dealkylation sites (tertiary alicyclic amines) is 1. The number of hydrogen-bond acceptors (Lipinski definition) is 6. The van der Waals surface area contributed by atoms with Gasteiger partial charge in [-0.05, 0) is 98.0 Å². The Morgan fingerprint density at radius 1 is 1.15 bits per heavy atom. The number of piperidine rings is 1. The second-order valence-electron chi connectivity index (χ2n) is 10.5. The smallest absolute Gasteiger partial charge is 0.308 e. The van der Waals surface area contributed by atoms with Crippen LogP contribution in [0.2, 0.25) is 0 Å². The van der Waals surface area contributed by atoms with E-state index in [1.165, 1.54) is 35.8 Å². The second kappa shape index (κ2) is 11.6. The van der Waals surface area contributed by atoms with Crippen molar-refractivity contribution in [3.8, 4) is 17.2 Å². The minimum atomic E-state index is -0.307. The molecular weight excluding hydrogens is 554 g/mol. The Balaban J connectivity index is 1.50. The van der Waals surface area contributed by atoms with Gasteiger partial charge >= 0.3 is 5.97 Å². The lowest BCUT2D eigenvalue weighted by Gasteiger charge is -2.35. The Morgan fingerprint density at radius 3 is 2.66 bits per heavy atom. The molecule has 0 unspecified atom stereocenters. The van der Waals surface area contributed by atoms with Gasteiger partial charge in [0.1, 0.15) is 16.8 Å². The van der Waals surface area contributed by atoms with Gasteiger partial charge in [0, 0.05) is 40.2 Å². The van der Waals surface area contributed by atoms with E-state index in [2.05, 4.69) is 58.3 Å². The van der Waals surface area contributed by atoms with Gasteiger partial charge in [-0.2, -0.15) is 5.26 Å². The molecule has 2 aromatic carbocycles. The number of allylic oxidation sites excluding steroid dienone is 4. The molecule has 1 aliphatic heterocycles. The summed E-state index contributed by atoms with van der Waals surface area (Å²) in [5.41, 5.74) is 7.06. The van der Waals surface area contributed by atoms with E-state index in [1.54, 1.807) is 18.0 Å². The summed E-state index contributed by atoms with van der Waals surface area (Å²) < 4.78 is 21.9. The predicted octanol–water partition coefficient (Wildman–Crippen LogP) is 8.19. The van der Waals surface area contributed by atoms with Crippen LogP contribution in [0.15, 0.2) is 76.7 Å². The summed E-state index contributed by atoms with van der Waals surface area (Å²) in [6, 6.07) is 17.6. The van der Waals surface area contributed by atoms with Crippen LogP contribution in [0.4, 0.5) is 4.39 Å². The fraction of sp³-hybridized carbons (Fsp3) is 0.273. The highest BCUT2D eigenvalue weighted by Crippen LogP contribution is 2.46. The van der Waals surface area contributed by atoms with Gasteiger partial charge in [0.25, 0.3) is 0 Å². The first-order chi connectivity index (χ1) is 20.0. The summed E-state index contributed by atoms with van der Waals surface area (Å²) in [7, 11) is 1.46. The Labute approximate surface area is 247 Å². The molecule has 4 aromatic rings. The number of thiophene rings is 1. The molecule has 0 amide bonds. The fourth-order valence-corrected chi connectivity index (χ4v) is 7.54. The zero-order chi connectivity index (χ0) is 28.5. The summed E-state index contributed by atoms with van der Waals surface area (Å²) in [4.78, 5) is 16.2. The Bertz CT molecular complexity index is 1720. The van der Waals surface area contributed by atoms with Crippen molar-refractivity contribution in [3.05, 3.63) is 93.7 Å². The number of nitrogens with zero attached hydrogens (tertiary/aromatic N) is 3.